The molecule has 1 atom stereocenters. The van der Waals surface area contributed by atoms with Gasteiger partial charge in [0.1, 0.15) is 23.2 Å². The van der Waals surface area contributed by atoms with Gasteiger partial charge < -0.3 is 9.47 Å². The number of carbonyl (C=O) groups is 1. The minimum Gasteiger partial charge on any atom is -0.485 e. The standard InChI is InChI=1S/C23H27F3N2O7S2/c1-22(2,3)35-21(29)11-15-8-9-20-19(10-15)28(13-17(34-20)14-36(30,31)27-4)37(32,33)18-7-5-6-16(12-18)23(24,25)26/h5-10,12,17,27H,11,13-14H2,1-4H3/t17-/m1/s1. The van der Waals surface area contributed by atoms with E-state index in [-0.39, 0.29) is 17.9 Å². The van der Waals surface area contributed by atoms with Crippen LogP contribution in [0.2, 0.25) is 0 Å². The summed E-state index contributed by atoms with van der Waals surface area (Å²) in [6.45, 7) is 4.57. The van der Waals surface area contributed by atoms with Crippen molar-refractivity contribution in [3.8, 4) is 5.75 Å². The van der Waals surface area contributed by atoms with E-state index in [0.29, 0.717) is 11.6 Å². The lowest BCUT2D eigenvalue weighted by Crippen LogP contribution is -2.47. The van der Waals surface area contributed by atoms with Crippen molar-refractivity contribution in [2.24, 2.45) is 0 Å². The van der Waals surface area contributed by atoms with Crippen LogP contribution in [0, 0.1) is 0 Å². The zero-order valence-corrected chi connectivity index (χ0v) is 22.1. The first-order valence-electron chi connectivity index (χ1n) is 11.0. The van der Waals surface area contributed by atoms with Gasteiger partial charge in [-0.25, -0.2) is 21.6 Å². The minimum absolute atomic E-state index is 0.00829. The summed E-state index contributed by atoms with van der Waals surface area (Å²) in [4.78, 5) is 11.7. The highest BCUT2D eigenvalue weighted by molar-refractivity contribution is 7.93. The monoisotopic (exact) mass is 564 g/mol. The molecule has 0 aromatic heterocycles. The third-order valence-electron chi connectivity index (χ3n) is 5.19. The summed E-state index contributed by atoms with van der Waals surface area (Å²) in [6, 6.07) is 7.46. The number of sulfonamides is 2. The first kappa shape index (κ1) is 28.7. The average molecular weight is 565 g/mol. The third-order valence-corrected chi connectivity index (χ3v) is 8.40. The Morgan fingerprint density at radius 3 is 2.38 bits per heavy atom. The van der Waals surface area contributed by atoms with Crippen LogP contribution in [0.4, 0.5) is 18.9 Å². The number of fused-ring (bicyclic) bond motifs is 1. The molecule has 204 valence electrons. The van der Waals surface area contributed by atoms with Crippen molar-refractivity contribution < 1.29 is 44.3 Å². The normalized spacial score (nSPS) is 16.6. The van der Waals surface area contributed by atoms with Crippen LogP contribution in [-0.4, -0.2) is 53.9 Å². The van der Waals surface area contributed by atoms with Gasteiger partial charge in [0.2, 0.25) is 10.0 Å². The van der Waals surface area contributed by atoms with Gasteiger partial charge in [-0.15, -0.1) is 0 Å². The Balaban J connectivity index is 2.07. The van der Waals surface area contributed by atoms with E-state index in [2.05, 4.69) is 4.72 Å². The molecule has 0 spiro atoms. The van der Waals surface area contributed by atoms with Crippen molar-refractivity contribution in [1.29, 1.82) is 0 Å². The Morgan fingerprint density at radius 1 is 1.11 bits per heavy atom. The van der Waals surface area contributed by atoms with Gasteiger partial charge in [-0.2, -0.15) is 13.2 Å². The van der Waals surface area contributed by atoms with E-state index in [9.17, 15) is 34.8 Å². The first-order valence-corrected chi connectivity index (χ1v) is 14.1. The molecule has 0 saturated heterocycles. The first-order chi connectivity index (χ1) is 16.9. The van der Waals surface area contributed by atoms with Crippen LogP contribution in [0.25, 0.3) is 0 Å². The minimum atomic E-state index is -4.78. The molecule has 3 rings (SSSR count). The van der Waals surface area contributed by atoms with Crippen LogP contribution in [0.3, 0.4) is 0 Å². The molecule has 0 aliphatic carbocycles. The number of anilines is 1. The molecule has 9 nitrogen and oxygen atoms in total. The molecule has 0 fully saturated rings. The molecule has 1 heterocycles. The van der Waals surface area contributed by atoms with Gasteiger partial charge in [0, 0.05) is 0 Å². The van der Waals surface area contributed by atoms with Crippen molar-refractivity contribution in [2.75, 3.05) is 23.7 Å². The lowest BCUT2D eigenvalue weighted by molar-refractivity contribution is -0.153. The van der Waals surface area contributed by atoms with Crippen LogP contribution in [0.15, 0.2) is 47.4 Å². The van der Waals surface area contributed by atoms with Crippen LogP contribution in [0.1, 0.15) is 31.9 Å². The summed E-state index contributed by atoms with van der Waals surface area (Å²) in [5, 5.41) is 0. The number of nitrogens with one attached hydrogen (secondary N) is 1. The number of benzene rings is 2. The third kappa shape index (κ3) is 7.14. The fourth-order valence-electron chi connectivity index (χ4n) is 3.61. The Hall–Kier alpha value is -2.84. The second-order valence-electron chi connectivity index (χ2n) is 9.35. The SMILES string of the molecule is CNS(=O)(=O)C[C@H]1CN(S(=O)(=O)c2cccc(C(F)(F)F)c2)c2cc(CC(=O)OC(C)(C)C)ccc2O1. The second kappa shape index (κ2) is 10.1. The molecule has 1 aliphatic heterocycles. The number of ether oxygens (including phenoxy) is 2. The number of nitrogens with zero attached hydrogens (tertiary/aromatic N) is 1. The van der Waals surface area contributed by atoms with E-state index in [1.54, 1.807) is 20.8 Å². The predicted octanol–water partition coefficient (Wildman–Crippen LogP) is 3.10. The van der Waals surface area contributed by atoms with Gasteiger partial charge in [0.15, 0.2) is 0 Å². The Kier molecular flexibility index (Phi) is 7.87. The maximum atomic E-state index is 13.6. The van der Waals surface area contributed by atoms with E-state index in [0.717, 1.165) is 22.5 Å². The maximum absolute atomic E-state index is 13.6. The molecule has 0 radical (unpaired) electrons. The maximum Gasteiger partial charge on any atom is 0.416 e. The lowest BCUT2D eigenvalue weighted by Gasteiger charge is -2.35. The van der Waals surface area contributed by atoms with Gasteiger partial charge in [-0.1, -0.05) is 12.1 Å². The molecule has 0 saturated carbocycles. The Bertz CT molecular complexity index is 1390. The molecular weight excluding hydrogens is 537 g/mol. The number of rotatable bonds is 7. The summed E-state index contributed by atoms with van der Waals surface area (Å²) in [7, 11) is -7.25. The van der Waals surface area contributed by atoms with Crippen LogP contribution < -0.4 is 13.8 Å². The van der Waals surface area contributed by atoms with Crippen LogP contribution in [0.5, 0.6) is 5.75 Å². The zero-order valence-electron chi connectivity index (χ0n) is 20.5. The Labute approximate surface area is 213 Å². The summed E-state index contributed by atoms with van der Waals surface area (Å²) < 4.78 is 105. The van der Waals surface area contributed by atoms with Crippen LogP contribution in [-0.2, 0) is 42.2 Å². The molecule has 37 heavy (non-hydrogen) atoms. The van der Waals surface area contributed by atoms with Gasteiger partial charge in [0.05, 0.1) is 29.1 Å². The van der Waals surface area contributed by atoms with Crippen LogP contribution >= 0.6 is 0 Å². The van der Waals surface area contributed by atoms with E-state index >= 15 is 0 Å². The molecular formula is C23H27F3N2O7S2. The molecule has 2 aromatic carbocycles. The molecule has 2 aromatic rings. The van der Waals surface area contributed by atoms with Crippen molar-refractivity contribution in [3.05, 3.63) is 53.6 Å². The summed E-state index contributed by atoms with van der Waals surface area (Å²) in [6.07, 6.45) is -6.15. The Morgan fingerprint density at radius 2 is 1.78 bits per heavy atom. The summed E-state index contributed by atoms with van der Waals surface area (Å²) in [5.74, 6) is -1.18. The van der Waals surface area contributed by atoms with Crippen molar-refractivity contribution >= 4 is 31.7 Å². The fraction of sp³-hybridized carbons (Fsp3) is 0.435. The molecule has 1 N–H and O–H groups in total. The van der Waals surface area contributed by atoms with E-state index in [1.807, 2.05) is 0 Å². The van der Waals surface area contributed by atoms with E-state index in [4.69, 9.17) is 9.47 Å². The average Bonchev–Trinajstić information content (AvgIpc) is 2.76. The predicted molar refractivity (Wildman–Crippen MR) is 129 cm³/mol. The van der Waals surface area contributed by atoms with Gasteiger partial charge in [-0.05, 0) is 63.7 Å². The number of carbonyl (C=O) groups excluding carboxylic acids is 1. The zero-order chi connectivity index (χ0) is 27.8. The number of hydrogen-bond acceptors (Lipinski definition) is 7. The highest BCUT2D eigenvalue weighted by atomic mass is 32.2. The lowest BCUT2D eigenvalue weighted by atomic mass is 10.1. The summed E-state index contributed by atoms with van der Waals surface area (Å²) >= 11 is 0. The summed E-state index contributed by atoms with van der Waals surface area (Å²) in [5.41, 5.74) is -1.59. The number of alkyl halides is 3. The molecule has 0 bridgehead atoms. The van der Waals surface area contributed by atoms with Gasteiger partial charge in [-0.3, -0.25) is 9.10 Å². The quantitative estimate of drug-likeness (QED) is 0.514. The topological polar surface area (TPSA) is 119 Å². The van der Waals surface area contributed by atoms with Gasteiger partial charge >= 0.3 is 12.1 Å². The molecule has 1 aliphatic rings. The van der Waals surface area contributed by atoms with E-state index < -0.39 is 66.7 Å². The van der Waals surface area contributed by atoms with Crippen molar-refractivity contribution in [3.63, 3.8) is 0 Å². The van der Waals surface area contributed by atoms with Crippen molar-refractivity contribution in [2.45, 2.75) is 50.0 Å². The second-order valence-corrected chi connectivity index (χ2v) is 13.2. The molecule has 0 amide bonds. The number of esters is 1. The molecule has 14 heteroatoms. The highest BCUT2D eigenvalue weighted by Gasteiger charge is 2.38. The number of hydrogen-bond donors (Lipinski definition) is 1. The highest BCUT2D eigenvalue weighted by Crippen LogP contribution is 2.39. The van der Waals surface area contributed by atoms with E-state index in [1.165, 1.54) is 25.2 Å². The molecule has 0 unspecified atom stereocenters. The largest absolute Gasteiger partial charge is 0.485 e. The van der Waals surface area contributed by atoms with Crippen molar-refractivity contribution in [1.82, 2.24) is 4.72 Å². The fourth-order valence-corrected chi connectivity index (χ4v) is 5.99. The number of halogens is 3. The smallest absolute Gasteiger partial charge is 0.416 e. The van der Waals surface area contributed by atoms with Gasteiger partial charge in [0.25, 0.3) is 10.0 Å².